The molecule has 3 aliphatic rings. The van der Waals surface area contributed by atoms with Crippen LogP contribution in [0.2, 0.25) is 0 Å². The van der Waals surface area contributed by atoms with Gasteiger partial charge in [-0.25, -0.2) is 4.98 Å². The van der Waals surface area contributed by atoms with Gasteiger partial charge in [0.05, 0.1) is 12.0 Å². The third-order valence-electron chi connectivity index (χ3n) is 7.47. The number of imidazole rings is 1. The Labute approximate surface area is 240 Å². The van der Waals surface area contributed by atoms with Crippen molar-refractivity contribution in [2.45, 2.75) is 31.1 Å². The average molecular weight is 538 g/mol. The number of hydrogen-bond donors (Lipinski definition) is 0. The zero-order chi connectivity index (χ0) is 28.1. The summed E-state index contributed by atoms with van der Waals surface area (Å²) >= 11 is 0. The van der Waals surface area contributed by atoms with Crippen molar-refractivity contribution < 1.29 is 4.74 Å². The van der Waals surface area contributed by atoms with Crippen LogP contribution in [0.25, 0.3) is 11.3 Å². The van der Waals surface area contributed by atoms with Gasteiger partial charge in [0.2, 0.25) is 0 Å². The highest BCUT2D eigenvalue weighted by Crippen LogP contribution is 2.37. The molecule has 6 nitrogen and oxygen atoms in total. The predicted octanol–water partition coefficient (Wildman–Crippen LogP) is 7.86. The molecule has 0 amide bonds. The first-order valence-electron chi connectivity index (χ1n) is 13.6. The van der Waals surface area contributed by atoms with Gasteiger partial charge in [-0.15, -0.1) is 0 Å². The Kier molecular flexibility index (Phi) is 7.13. The number of ether oxygens (including phenoxy) is 1. The molecule has 3 aromatic rings. The standard InChI is InChI=1S/C35H31N5O/c1-34(10-3-5-12-37-24-34)29-18-28(27-8-7-14-36-15-9-27)19-32(21-29)41-33-22-30(35(2)11-4-6-13-38-25-35)20-31(23-33)40-17-16-39-26-40/h3-8,10-26H,9H2,1-2H3. The molecule has 0 radical (unpaired) electrons. The van der Waals surface area contributed by atoms with E-state index in [1.807, 2.05) is 78.3 Å². The second-order valence-corrected chi connectivity index (χ2v) is 10.6. The van der Waals surface area contributed by atoms with Gasteiger partial charge in [-0.2, -0.15) is 0 Å². The zero-order valence-electron chi connectivity index (χ0n) is 23.1. The maximum Gasteiger partial charge on any atom is 0.129 e. The molecule has 202 valence electrons. The van der Waals surface area contributed by atoms with Crippen molar-refractivity contribution in [1.82, 2.24) is 9.55 Å². The molecule has 2 unspecified atom stereocenters. The smallest absolute Gasteiger partial charge is 0.129 e. The molecule has 0 saturated heterocycles. The largest absolute Gasteiger partial charge is 0.457 e. The zero-order valence-corrected chi connectivity index (χ0v) is 23.1. The van der Waals surface area contributed by atoms with Crippen LogP contribution in [0.15, 0.2) is 137 Å². The van der Waals surface area contributed by atoms with Crippen LogP contribution in [0.4, 0.5) is 0 Å². The van der Waals surface area contributed by atoms with E-state index in [2.05, 4.69) is 82.4 Å². The molecule has 2 aromatic carbocycles. The van der Waals surface area contributed by atoms with Gasteiger partial charge in [-0.1, -0.05) is 30.4 Å². The Morgan fingerprint density at radius 3 is 2.12 bits per heavy atom. The van der Waals surface area contributed by atoms with Crippen LogP contribution in [0, 0.1) is 0 Å². The minimum atomic E-state index is -0.413. The minimum absolute atomic E-state index is 0.404. The minimum Gasteiger partial charge on any atom is -0.457 e. The van der Waals surface area contributed by atoms with Crippen molar-refractivity contribution >= 4 is 24.2 Å². The molecule has 0 spiro atoms. The summed E-state index contributed by atoms with van der Waals surface area (Å²) in [5.41, 5.74) is 4.53. The van der Waals surface area contributed by atoms with Crippen LogP contribution in [0.3, 0.4) is 0 Å². The Hall–Kier alpha value is -5.10. The number of aromatic nitrogens is 2. The highest BCUT2D eigenvalue weighted by atomic mass is 16.5. The van der Waals surface area contributed by atoms with Gasteiger partial charge in [0.25, 0.3) is 0 Å². The molecule has 0 aliphatic carbocycles. The van der Waals surface area contributed by atoms with Crippen molar-refractivity contribution in [1.29, 1.82) is 0 Å². The SMILES string of the molecule is CC1(c2cc(Oc3cc(-n4ccnc4)cc(C4(C)C=CC=CN=C4)c3)cc(C3=CC=CN=CC3)c2)C=CC=CN=C1. The van der Waals surface area contributed by atoms with Crippen LogP contribution >= 0.6 is 0 Å². The summed E-state index contributed by atoms with van der Waals surface area (Å²) in [5.74, 6) is 1.47. The van der Waals surface area contributed by atoms with Crippen LogP contribution in [-0.2, 0) is 10.8 Å². The van der Waals surface area contributed by atoms with Gasteiger partial charge in [-0.3, -0.25) is 15.0 Å². The van der Waals surface area contributed by atoms with Gasteiger partial charge in [0.15, 0.2) is 0 Å². The molecule has 1 aromatic heterocycles. The molecular weight excluding hydrogens is 506 g/mol. The average Bonchev–Trinajstić information content (AvgIpc) is 3.13. The van der Waals surface area contributed by atoms with E-state index in [9.17, 15) is 0 Å². The Morgan fingerprint density at radius 1 is 0.732 bits per heavy atom. The molecule has 3 aliphatic heterocycles. The van der Waals surface area contributed by atoms with Crippen molar-refractivity contribution in [3.05, 3.63) is 139 Å². The lowest BCUT2D eigenvalue weighted by Gasteiger charge is -2.25. The third-order valence-corrected chi connectivity index (χ3v) is 7.47. The van der Waals surface area contributed by atoms with Gasteiger partial charge in [0, 0.05) is 73.0 Å². The first-order chi connectivity index (χ1) is 20.0. The number of rotatable bonds is 6. The predicted molar refractivity (Wildman–Crippen MR) is 169 cm³/mol. The van der Waals surface area contributed by atoms with Gasteiger partial charge < -0.3 is 9.30 Å². The molecule has 0 N–H and O–H groups in total. The summed E-state index contributed by atoms with van der Waals surface area (Å²) in [6, 6.07) is 12.7. The van der Waals surface area contributed by atoms with E-state index in [0.717, 1.165) is 45.9 Å². The van der Waals surface area contributed by atoms with E-state index in [1.165, 1.54) is 0 Å². The highest BCUT2D eigenvalue weighted by Gasteiger charge is 2.26. The van der Waals surface area contributed by atoms with E-state index in [0.29, 0.717) is 0 Å². The molecule has 0 fully saturated rings. The van der Waals surface area contributed by atoms with Gasteiger partial charge >= 0.3 is 0 Å². The lowest BCUT2D eigenvalue weighted by atomic mass is 9.81. The summed E-state index contributed by atoms with van der Waals surface area (Å²) in [6.07, 6.45) is 33.9. The van der Waals surface area contributed by atoms with Crippen molar-refractivity contribution in [2.75, 3.05) is 0 Å². The molecule has 6 rings (SSSR count). The summed E-state index contributed by atoms with van der Waals surface area (Å²) in [4.78, 5) is 17.6. The fourth-order valence-electron chi connectivity index (χ4n) is 5.04. The monoisotopic (exact) mass is 537 g/mol. The van der Waals surface area contributed by atoms with E-state index in [1.54, 1.807) is 18.7 Å². The Bertz CT molecular complexity index is 1680. The van der Waals surface area contributed by atoms with Crippen molar-refractivity contribution in [3.63, 3.8) is 0 Å². The topological polar surface area (TPSA) is 64.1 Å². The van der Waals surface area contributed by atoms with Crippen molar-refractivity contribution in [2.24, 2.45) is 15.0 Å². The van der Waals surface area contributed by atoms with E-state index in [-0.39, 0.29) is 0 Å². The van der Waals surface area contributed by atoms with E-state index < -0.39 is 10.8 Å². The van der Waals surface area contributed by atoms with Gasteiger partial charge in [-0.05, 0) is 84.7 Å². The lowest BCUT2D eigenvalue weighted by Crippen LogP contribution is -2.21. The molecule has 4 heterocycles. The number of aliphatic imine (C=N–C) groups is 3. The summed E-state index contributed by atoms with van der Waals surface area (Å²) in [5, 5.41) is 0. The normalized spacial score (nSPS) is 22.8. The molecule has 0 saturated carbocycles. The molecular formula is C35H31N5O. The Morgan fingerprint density at radius 2 is 1.41 bits per heavy atom. The highest BCUT2D eigenvalue weighted by molar-refractivity contribution is 5.84. The number of allylic oxidation sites excluding steroid dienone is 9. The summed E-state index contributed by atoms with van der Waals surface area (Å²) in [6.45, 7) is 4.31. The number of hydrogen-bond acceptors (Lipinski definition) is 5. The van der Waals surface area contributed by atoms with E-state index in [4.69, 9.17) is 4.74 Å². The first kappa shape index (κ1) is 26.1. The summed E-state index contributed by atoms with van der Waals surface area (Å²) < 4.78 is 8.70. The van der Waals surface area contributed by atoms with Crippen LogP contribution in [0.5, 0.6) is 11.5 Å². The van der Waals surface area contributed by atoms with Crippen LogP contribution in [-0.4, -0.2) is 28.2 Å². The molecule has 2 atom stereocenters. The van der Waals surface area contributed by atoms with E-state index >= 15 is 0 Å². The van der Waals surface area contributed by atoms with Crippen LogP contribution in [0.1, 0.15) is 37.0 Å². The third kappa shape index (κ3) is 5.77. The maximum atomic E-state index is 6.71. The second kappa shape index (κ2) is 11.2. The van der Waals surface area contributed by atoms with Crippen LogP contribution < -0.4 is 4.74 Å². The molecule has 0 bridgehead atoms. The number of nitrogens with zero attached hydrogens (tertiary/aromatic N) is 5. The number of benzene rings is 2. The molecule has 41 heavy (non-hydrogen) atoms. The maximum absolute atomic E-state index is 6.71. The quantitative estimate of drug-likeness (QED) is 0.321. The van der Waals surface area contributed by atoms with Crippen molar-refractivity contribution in [3.8, 4) is 17.2 Å². The Balaban J connectivity index is 1.47. The van der Waals surface area contributed by atoms with Gasteiger partial charge in [0.1, 0.15) is 11.5 Å². The fraction of sp³-hybridized carbons (Fsp3) is 0.143. The second-order valence-electron chi connectivity index (χ2n) is 10.6. The molecule has 6 heteroatoms. The fourth-order valence-corrected chi connectivity index (χ4v) is 5.04. The first-order valence-corrected chi connectivity index (χ1v) is 13.6. The lowest BCUT2D eigenvalue weighted by molar-refractivity contribution is 0.479. The summed E-state index contributed by atoms with van der Waals surface area (Å²) in [7, 11) is 0.